The van der Waals surface area contributed by atoms with Crippen LogP contribution in [0.15, 0.2) is 48.5 Å². The molecule has 0 aliphatic heterocycles. The van der Waals surface area contributed by atoms with Gasteiger partial charge in [0.25, 0.3) is 0 Å². The molecular weight excluding hydrogens is 472 g/mol. The van der Waals surface area contributed by atoms with E-state index in [-0.39, 0.29) is 24.0 Å². The highest BCUT2D eigenvalue weighted by atomic mass is 16.5. The summed E-state index contributed by atoms with van der Waals surface area (Å²) in [6.07, 6.45) is 2.64. The number of ether oxygens (including phenoxy) is 3. The molecule has 8 heteroatoms. The fourth-order valence-corrected chi connectivity index (χ4v) is 3.78. The third kappa shape index (κ3) is 12.1. The second-order valence-electron chi connectivity index (χ2n) is 9.00. The maximum absolute atomic E-state index is 12.3. The Labute approximate surface area is 220 Å². The van der Waals surface area contributed by atoms with Crippen molar-refractivity contribution in [3.63, 3.8) is 0 Å². The fourth-order valence-electron chi connectivity index (χ4n) is 3.78. The summed E-state index contributed by atoms with van der Waals surface area (Å²) in [5.41, 5.74) is 3.26. The minimum Gasteiger partial charge on any atom is -0.385 e. The first-order valence-corrected chi connectivity index (χ1v) is 12.8. The number of carbonyl (C=O) groups excluding carboxylic acids is 3. The first-order chi connectivity index (χ1) is 17.9. The second kappa shape index (κ2) is 17.4. The summed E-state index contributed by atoms with van der Waals surface area (Å²) >= 11 is 0. The number of anilines is 1. The molecule has 0 aromatic heterocycles. The molecule has 37 heavy (non-hydrogen) atoms. The van der Waals surface area contributed by atoms with Gasteiger partial charge in [0.1, 0.15) is 0 Å². The normalized spacial score (nSPS) is 11.6. The summed E-state index contributed by atoms with van der Waals surface area (Å²) < 4.78 is 16.0. The van der Waals surface area contributed by atoms with Crippen LogP contribution in [0.2, 0.25) is 0 Å². The highest BCUT2D eigenvalue weighted by Crippen LogP contribution is 2.23. The zero-order chi connectivity index (χ0) is 26.9. The Balaban J connectivity index is 1.62. The van der Waals surface area contributed by atoms with Gasteiger partial charge in [0.15, 0.2) is 5.78 Å². The molecule has 2 aromatic rings. The van der Waals surface area contributed by atoms with Crippen molar-refractivity contribution in [1.82, 2.24) is 5.32 Å². The highest BCUT2D eigenvalue weighted by Gasteiger charge is 2.09. The smallest absolute Gasteiger partial charge is 0.224 e. The van der Waals surface area contributed by atoms with Crippen molar-refractivity contribution in [2.24, 2.45) is 5.92 Å². The third-order valence-electron chi connectivity index (χ3n) is 5.85. The largest absolute Gasteiger partial charge is 0.385 e. The van der Waals surface area contributed by atoms with E-state index in [1.54, 1.807) is 26.4 Å². The van der Waals surface area contributed by atoms with Gasteiger partial charge in [-0.3, -0.25) is 14.4 Å². The van der Waals surface area contributed by atoms with Crippen molar-refractivity contribution < 1.29 is 28.6 Å². The molecule has 0 saturated carbocycles. The summed E-state index contributed by atoms with van der Waals surface area (Å²) in [5, 5.41) is 5.77. The van der Waals surface area contributed by atoms with Gasteiger partial charge in [-0.15, -0.1) is 0 Å². The van der Waals surface area contributed by atoms with Crippen molar-refractivity contribution in [2.45, 2.75) is 39.0 Å². The monoisotopic (exact) mass is 512 g/mol. The van der Waals surface area contributed by atoms with E-state index in [0.717, 1.165) is 24.0 Å². The molecule has 0 spiro atoms. The van der Waals surface area contributed by atoms with E-state index in [4.69, 9.17) is 14.2 Å². The van der Waals surface area contributed by atoms with Crippen LogP contribution in [0, 0.1) is 5.92 Å². The number of nitrogens with one attached hydrogen (secondary N) is 2. The zero-order valence-corrected chi connectivity index (χ0v) is 22.2. The number of ketones is 1. The van der Waals surface area contributed by atoms with E-state index in [0.29, 0.717) is 63.0 Å². The minimum absolute atomic E-state index is 0.0242. The first-order valence-electron chi connectivity index (χ1n) is 12.8. The molecule has 1 unspecified atom stereocenters. The van der Waals surface area contributed by atoms with Gasteiger partial charge in [-0.05, 0) is 49.4 Å². The topological polar surface area (TPSA) is 103 Å². The SMILES string of the molecule is COCCC(COC)COCCCNC(=O)CCCC(=O)Nc1cccc(-c2ccc(C(C)=O)cc2)c1. The van der Waals surface area contributed by atoms with Gasteiger partial charge in [-0.1, -0.05) is 36.4 Å². The molecule has 0 aliphatic carbocycles. The second-order valence-corrected chi connectivity index (χ2v) is 9.00. The number of methoxy groups -OCH3 is 2. The van der Waals surface area contributed by atoms with E-state index < -0.39 is 0 Å². The molecule has 0 bridgehead atoms. The Morgan fingerprint density at radius 3 is 2.30 bits per heavy atom. The molecule has 0 aliphatic rings. The predicted octanol–water partition coefficient (Wildman–Crippen LogP) is 4.49. The molecule has 8 nitrogen and oxygen atoms in total. The van der Waals surface area contributed by atoms with Crippen LogP contribution in [0.1, 0.15) is 49.4 Å². The number of rotatable bonds is 18. The number of Topliss-reactive ketones (excluding diaryl/α,β-unsaturated/α-hetero) is 1. The Kier molecular flexibility index (Phi) is 14.2. The Bertz CT molecular complexity index is 977. The van der Waals surface area contributed by atoms with Crippen molar-refractivity contribution in [3.8, 4) is 11.1 Å². The van der Waals surface area contributed by atoms with Gasteiger partial charge in [-0.25, -0.2) is 0 Å². The van der Waals surface area contributed by atoms with Crippen LogP contribution < -0.4 is 10.6 Å². The molecule has 2 aromatic carbocycles. The minimum atomic E-state index is -0.135. The average molecular weight is 513 g/mol. The number of amides is 2. The van der Waals surface area contributed by atoms with E-state index in [1.165, 1.54) is 6.92 Å². The van der Waals surface area contributed by atoms with Crippen LogP contribution in [0.3, 0.4) is 0 Å². The third-order valence-corrected chi connectivity index (χ3v) is 5.85. The lowest BCUT2D eigenvalue weighted by molar-refractivity contribution is -0.121. The maximum Gasteiger partial charge on any atom is 0.224 e. The lowest BCUT2D eigenvalue weighted by atomic mass is 10.0. The van der Waals surface area contributed by atoms with Crippen LogP contribution in [0.4, 0.5) is 5.69 Å². The Hall–Kier alpha value is -3.07. The van der Waals surface area contributed by atoms with Crippen LogP contribution >= 0.6 is 0 Å². The molecular formula is C29H40N2O6. The van der Waals surface area contributed by atoms with E-state index in [2.05, 4.69) is 10.6 Å². The van der Waals surface area contributed by atoms with Crippen molar-refractivity contribution >= 4 is 23.3 Å². The number of hydrogen-bond acceptors (Lipinski definition) is 6. The quantitative estimate of drug-likeness (QED) is 0.225. The molecule has 0 saturated heterocycles. The first kappa shape index (κ1) is 30.2. The van der Waals surface area contributed by atoms with Crippen LogP contribution in [0.25, 0.3) is 11.1 Å². The van der Waals surface area contributed by atoms with Crippen molar-refractivity contribution in [3.05, 3.63) is 54.1 Å². The molecule has 202 valence electrons. The molecule has 2 rings (SSSR count). The van der Waals surface area contributed by atoms with E-state index in [9.17, 15) is 14.4 Å². The van der Waals surface area contributed by atoms with Gasteiger partial charge in [0.2, 0.25) is 11.8 Å². The summed E-state index contributed by atoms with van der Waals surface area (Å²) in [5.74, 6) is 0.120. The van der Waals surface area contributed by atoms with Gasteiger partial charge in [0, 0.05) is 64.0 Å². The van der Waals surface area contributed by atoms with Gasteiger partial charge >= 0.3 is 0 Å². The van der Waals surface area contributed by atoms with Crippen LogP contribution in [-0.4, -0.2) is 64.8 Å². The highest BCUT2D eigenvalue weighted by molar-refractivity contribution is 5.95. The zero-order valence-electron chi connectivity index (χ0n) is 22.2. The summed E-state index contributed by atoms with van der Waals surface area (Å²) in [7, 11) is 3.36. The Morgan fingerprint density at radius 1 is 0.838 bits per heavy atom. The standard InChI is InChI=1S/C29H40N2O6/c1-22(32)24-11-13-25(14-12-24)26-7-4-8-27(19-26)31-29(34)10-5-9-28(33)30-16-6-17-37-21-23(20-36-3)15-18-35-2/h4,7-8,11-14,19,23H,5-6,9-10,15-18,20-21H2,1-3H3,(H,30,33)(H,31,34). The van der Waals surface area contributed by atoms with Crippen molar-refractivity contribution in [1.29, 1.82) is 0 Å². The molecule has 2 N–H and O–H groups in total. The van der Waals surface area contributed by atoms with E-state index >= 15 is 0 Å². The van der Waals surface area contributed by atoms with Crippen molar-refractivity contribution in [2.75, 3.05) is 52.5 Å². The number of hydrogen-bond donors (Lipinski definition) is 2. The number of carbonyl (C=O) groups is 3. The van der Waals surface area contributed by atoms with E-state index in [1.807, 2.05) is 36.4 Å². The van der Waals surface area contributed by atoms with Gasteiger partial charge < -0.3 is 24.8 Å². The molecule has 0 heterocycles. The molecule has 2 amide bonds. The number of benzene rings is 2. The lowest BCUT2D eigenvalue weighted by Gasteiger charge is -2.15. The van der Waals surface area contributed by atoms with Gasteiger partial charge in [-0.2, -0.15) is 0 Å². The fraction of sp³-hybridized carbons (Fsp3) is 0.483. The molecule has 1 atom stereocenters. The molecule has 0 radical (unpaired) electrons. The predicted molar refractivity (Wildman–Crippen MR) is 145 cm³/mol. The summed E-state index contributed by atoms with van der Waals surface area (Å²) in [6.45, 7) is 4.56. The lowest BCUT2D eigenvalue weighted by Crippen LogP contribution is -2.26. The van der Waals surface area contributed by atoms with Crippen LogP contribution in [0.5, 0.6) is 0 Å². The Morgan fingerprint density at radius 2 is 1.59 bits per heavy atom. The van der Waals surface area contributed by atoms with Gasteiger partial charge in [0.05, 0.1) is 13.2 Å². The van der Waals surface area contributed by atoms with Crippen LogP contribution in [-0.2, 0) is 23.8 Å². The summed E-state index contributed by atoms with van der Waals surface area (Å²) in [6, 6.07) is 14.9. The molecule has 0 fully saturated rings. The summed E-state index contributed by atoms with van der Waals surface area (Å²) in [4.78, 5) is 35.9. The maximum atomic E-state index is 12.3. The average Bonchev–Trinajstić information content (AvgIpc) is 2.89.